The Labute approximate surface area is 113 Å². The van der Waals surface area contributed by atoms with Crippen LogP contribution in [0.3, 0.4) is 0 Å². The van der Waals surface area contributed by atoms with E-state index >= 15 is 0 Å². The number of nitriles is 1. The van der Waals surface area contributed by atoms with Crippen LogP contribution in [0.5, 0.6) is 0 Å². The summed E-state index contributed by atoms with van der Waals surface area (Å²) >= 11 is 5.92. The Morgan fingerprint density at radius 2 is 2.22 bits per heavy atom. The molecule has 0 aromatic carbocycles. The number of anilines is 1. The molecule has 0 N–H and O–H groups in total. The minimum atomic E-state index is 0.323. The summed E-state index contributed by atoms with van der Waals surface area (Å²) in [5, 5.41) is 9.41. The van der Waals surface area contributed by atoms with E-state index in [0.29, 0.717) is 22.7 Å². The van der Waals surface area contributed by atoms with Crippen LogP contribution in [0.25, 0.3) is 0 Å². The molecule has 0 unspecified atom stereocenters. The van der Waals surface area contributed by atoms with Gasteiger partial charge in [0.05, 0.1) is 5.02 Å². The maximum absolute atomic E-state index is 8.98. The smallest absolute Gasteiger partial charge is 0.161 e. The first-order chi connectivity index (χ1) is 8.61. The van der Waals surface area contributed by atoms with Crippen LogP contribution in [0.2, 0.25) is 5.02 Å². The normalized spacial score (nSPS) is 14.6. The summed E-state index contributed by atoms with van der Waals surface area (Å²) in [6, 6.07) is 6.34. The van der Waals surface area contributed by atoms with Crippen molar-refractivity contribution in [2.75, 3.05) is 11.4 Å². The Balaban J connectivity index is 2.17. The van der Waals surface area contributed by atoms with Crippen molar-refractivity contribution in [1.29, 1.82) is 5.26 Å². The van der Waals surface area contributed by atoms with Crippen LogP contribution in [0.1, 0.15) is 38.8 Å². The van der Waals surface area contributed by atoms with Crippen LogP contribution >= 0.6 is 11.6 Å². The number of rotatable bonds is 5. The van der Waals surface area contributed by atoms with Crippen molar-refractivity contribution >= 4 is 17.4 Å². The highest BCUT2D eigenvalue weighted by atomic mass is 35.5. The summed E-state index contributed by atoms with van der Waals surface area (Å²) in [4.78, 5) is 6.68. The summed E-state index contributed by atoms with van der Waals surface area (Å²) in [5.41, 5.74) is 0.323. The van der Waals surface area contributed by atoms with Gasteiger partial charge in [-0.05, 0) is 37.3 Å². The quantitative estimate of drug-likeness (QED) is 0.815. The van der Waals surface area contributed by atoms with Crippen LogP contribution in [0.4, 0.5) is 5.82 Å². The van der Waals surface area contributed by atoms with Gasteiger partial charge in [-0.3, -0.25) is 0 Å². The molecule has 0 amide bonds. The average Bonchev–Trinajstić information content (AvgIpc) is 3.15. The van der Waals surface area contributed by atoms with Crippen molar-refractivity contribution in [3.8, 4) is 6.07 Å². The SMILES string of the molecule is CC(C)CCN(c1ccc(Cl)c(C#N)n1)C1CC1. The number of hydrogen-bond donors (Lipinski definition) is 0. The van der Waals surface area contributed by atoms with E-state index in [2.05, 4.69) is 23.7 Å². The first-order valence-corrected chi connectivity index (χ1v) is 6.83. The lowest BCUT2D eigenvalue weighted by Crippen LogP contribution is -2.28. The average molecular weight is 264 g/mol. The Morgan fingerprint density at radius 1 is 1.50 bits per heavy atom. The highest BCUT2D eigenvalue weighted by Gasteiger charge is 2.30. The third kappa shape index (κ3) is 3.14. The van der Waals surface area contributed by atoms with Crippen molar-refractivity contribution in [1.82, 2.24) is 4.98 Å². The maximum atomic E-state index is 8.98. The molecule has 1 saturated carbocycles. The van der Waals surface area contributed by atoms with Crippen molar-refractivity contribution < 1.29 is 0 Å². The molecule has 0 spiro atoms. The van der Waals surface area contributed by atoms with Gasteiger partial charge in [-0.15, -0.1) is 0 Å². The van der Waals surface area contributed by atoms with E-state index in [1.165, 1.54) is 12.8 Å². The van der Waals surface area contributed by atoms with Gasteiger partial charge in [0.25, 0.3) is 0 Å². The molecular weight excluding hydrogens is 246 g/mol. The van der Waals surface area contributed by atoms with Crippen molar-refractivity contribution in [3.63, 3.8) is 0 Å². The van der Waals surface area contributed by atoms with Crippen LogP contribution in [0, 0.1) is 17.2 Å². The van der Waals surface area contributed by atoms with Crippen LogP contribution in [0.15, 0.2) is 12.1 Å². The molecule has 0 saturated heterocycles. The Kier molecular flexibility index (Phi) is 4.08. The highest BCUT2D eigenvalue weighted by molar-refractivity contribution is 6.31. The third-order valence-electron chi connectivity index (χ3n) is 3.17. The van der Waals surface area contributed by atoms with Gasteiger partial charge >= 0.3 is 0 Å². The molecule has 0 atom stereocenters. The van der Waals surface area contributed by atoms with E-state index in [1.54, 1.807) is 6.07 Å². The second-order valence-corrected chi connectivity index (χ2v) is 5.63. The lowest BCUT2D eigenvalue weighted by molar-refractivity contribution is 0.568. The van der Waals surface area contributed by atoms with Crippen molar-refractivity contribution in [3.05, 3.63) is 22.8 Å². The minimum Gasteiger partial charge on any atom is -0.354 e. The van der Waals surface area contributed by atoms with Gasteiger partial charge in [-0.2, -0.15) is 5.26 Å². The number of nitrogens with zero attached hydrogens (tertiary/aromatic N) is 3. The summed E-state index contributed by atoms with van der Waals surface area (Å²) in [6.07, 6.45) is 3.59. The standard InChI is InChI=1S/C14H18ClN3/c1-10(2)7-8-18(11-3-4-11)14-6-5-12(15)13(9-16)17-14/h5-6,10-11H,3-4,7-8H2,1-2H3. The van der Waals surface area contributed by atoms with Gasteiger partial charge in [0.1, 0.15) is 11.9 Å². The highest BCUT2D eigenvalue weighted by Crippen LogP contribution is 2.32. The molecule has 0 bridgehead atoms. The Bertz CT molecular complexity index is 461. The zero-order valence-electron chi connectivity index (χ0n) is 10.9. The first kappa shape index (κ1) is 13.2. The fourth-order valence-electron chi connectivity index (χ4n) is 1.94. The van der Waals surface area contributed by atoms with Gasteiger partial charge < -0.3 is 4.90 Å². The van der Waals surface area contributed by atoms with Crippen molar-refractivity contribution in [2.45, 2.75) is 39.2 Å². The molecule has 3 nitrogen and oxygen atoms in total. The van der Waals surface area contributed by atoms with Crippen molar-refractivity contribution in [2.24, 2.45) is 5.92 Å². The van der Waals surface area contributed by atoms with Crippen LogP contribution in [-0.2, 0) is 0 Å². The number of pyridine rings is 1. The molecule has 0 radical (unpaired) electrons. The second-order valence-electron chi connectivity index (χ2n) is 5.22. The van der Waals surface area contributed by atoms with E-state index < -0.39 is 0 Å². The maximum Gasteiger partial charge on any atom is 0.161 e. The monoisotopic (exact) mass is 263 g/mol. The molecule has 0 aliphatic heterocycles. The first-order valence-electron chi connectivity index (χ1n) is 6.45. The van der Waals surface area contributed by atoms with E-state index in [4.69, 9.17) is 16.9 Å². The summed E-state index contributed by atoms with van der Waals surface area (Å²) in [6.45, 7) is 5.45. The zero-order chi connectivity index (χ0) is 13.1. The third-order valence-corrected chi connectivity index (χ3v) is 3.47. The summed E-state index contributed by atoms with van der Waals surface area (Å²) in [7, 11) is 0. The molecule has 1 aromatic heterocycles. The minimum absolute atomic E-state index is 0.323. The predicted molar refractivity (Wildman–Crippen MR) is 73.8 cm³/mol. The van der Waals surface area contributed by atoms with Crippen LogP contribution < -0.4 is 4.90 Å². The molecule has 1 aliphatic carbocycles. The van der Waals surface area contributed by atoms with Gasteiger partial charge in [0.2, 0.25) is 0 Å². The van der Waals surface area contributed by atoms with E-state index in [0.717, 1.165) is 18.8 Å². The van der Waals surface area contributed by atoms with E-state index in [-0.39, 0.29) is 0 Å². The Morgan fingerprint density at radius 3 is 2.78 bits per heavy atom. The topological polar surface area (TPSA) is 39.9 Å². The molecule has 96 valence electrons. The summed E-state index contributed by atoms with van der Waals surface area (Å²) < 4.78 is 0. The Hall–Kier alpha value is -1.27. The molecular formula is C14H18ClN3. The molecule has 4 heteroatoms. The summed E-state index contributed by atoms with van der Waals surface area (Å²) in [5.74, 6) is 1.56. The molecule has 18 heavy (non-hydrogen) atoms. The molecule has 1 fully saturated rings. The largest absolute Gasteiger partial charge is 0.354 e. The van der Waals surface area contributed by atoms with Gasteiger partial charge in [0, 0.05) is 12.6 Å². The van der Waals surface area contributed by atoms with Gasteiger partial charge in [-0.1, -0.05) is 25.4 Å². The predicted octanol–water partition coefficient (Wildman–Crippen LogP) is 3.62. The fraction of sp³-hybridized carbons (Fsp3) is 0.571. The molecule has 1 aliphatic rings. The lowest BCUT2D eigenvalue weighted by Gasteiger charge is -2.24. The number of halogens is 1. The van der Waals surface area contributed by atoms with E-state index in [9.17, 15) is 0 Å². The number of aromatic nitrogens is 1. The fourth-order valence-corrected chi connectivity index (χ4v) is 2.09. The zero-order valence-corrected chi connectivity index (χ0v) is 11.6. The second kappa shape index (κ2) is 5.58. The molecule has 1 heterocycles. The lowest BCUT2D eigenvalue weighted by atomic mass is 10.1. The number of hydrogen-bond acceptors (Lipinski definition) is 3. The molecule has 1 aromatic rings. The van der Waals surface area contributed by atoms with Gasteiger partial charge in [0.15, 0.2) is 5.69 Å². The molecule has 2 rings (SSSR count). The van der Waals surface area contributed by atoms with Crippen LogP contribution in [-0.4, -0.2) is 17.6 Å². The van der Waals surface area contributed by atoms with E-state index in [1.807, 2.05) is 12.1 Å². The van der Waals surface area contributed by atoms with Gasteiger partial charge in [-0.25, -0.2) is 4.98 Å².